The molecule has 0 saturated heterocycles. The van der Waals surface area contributed by atoms with E-state index >= 15 is 0 Å². The molecule has 0 atom stereocenters. The van der Waals surface area contributed by atoms with Crippen molar-refractivity contribution in [3.63, 3.8) is 0 Å². The fourth-order valence-electron chi connectivity index (χ4n) is 2.35. The van der Waals surface area contributed by atoms with Crippen molar-refractivity contribution in [2.24, 2.45) is 5.41 Å². The van der Waals surface area contributed by atoms with Crippen molar-refractivity contribution in [2.75, 3.05) is 13.2 Å². The lowest BCUT2D eigenvalue weighted by Crippen LogP contribution is -2.34. The first-order valence-electron chi connectivity index (χ1n) is 7.26. The molecule has 1 aromatic heterocycles. The Hall–Kier alpha value is -1.94. The number of aliphatic hydroxyl groups is 1. The third-order valence-electron chi connectivity index (χ3n) is 3.63. The molecule has 0 aliphatic carbocycles. The Morgan fingerprint density at radius 1 is 1.29 bits per heavy atom. The molecule has 0 spiro atoms. The molecule has 112 valence electrons. The van der Waals surface area contributed by atoms with Gasteiger partial charge in [0.15, 0.2) is 0 Å². The Morgan fingerprint density at radius 3 is 2.81 bits per heavy atom. The lowest BCUT2D eigenvalue weighted by atomic mass is 9.88. The minimum absolute atomic E-state index is 0.0387. The second-order valence-corrected chi connectivity index (χ2v) is 6.05. The van der Waals surface area contributed by atoms with Gasteiger partial charge in [-0.1, -0.05) is 38.1 Å². The van der Waals surface area contributed by atoms with Crippen molar-refractivity contribution >= 4 is 16.7 Å². The maximum atomic E-state index is 12.4. The van der Waals surface area contributed by atoms with Gasteiger partial charge in [0.2, 0.25) is 0 Å². The number of aliphatic hydroxyl groups excluding tert-OH is 1. The molecule has 0 aliphatic heterocycles. The van der Waals surface area contributed by atoms with E-state index in [0.717, 1.165) is 23.6 Å². The van der Waals surface area contributed by atoms with Gasteiger partial charge in [-0.05, 0) is 29.7 Å². The first-order chi connectivity index (χ1) is 10.0. The first kappa shape index (κ1) is 15.4. The number of hydrogen-bond donors (Lipinski definition) is 2. The maximum Gasteiger partial charge on any atom is 0.270 e. The number of benzene rings is 1. The summed E-state index contributed by atoms with van der Waals surface area (Å²) in [5.41, 5.74) is 0.425. The van der Waals surface area contributed by atoms with Gasteiger partial charge in [0.1, 0.15) is 5.69 Å². The van der Waals surface area contributed by atoms with Crippen molar-refractivity contribution in [2.45, 2.75) is 26.7 Å². The van der Waals surface area contributed by atoms with Gasteiger partial charge in [-0.2, -0.15) is 0 Å². The smallest absolute Gasteiger partial charge is 0.270 e. The van der Waals surface area contributed by atoms with Crippen LogP contribution in [0.3, 0.4) is 0 Å². The molecule has 0 unspecified atom stereocenters. The average molecular weight is 286 g/mol. The third-order valence-corrected chi connectivity index (χ3v) is 3.63. The second-order valence-electron chi connectivity index (χ2n) is 6.05. The van der Waals surface area contributed by atoms with Crippen LogP contribution in [0.15, 0.2) is 36.5 Å². The molecule has 4 heteroatoms. The summed E-state index contributed by atoms with van der Waals surface area (Å²) in [6.45, 7) is 4.91. The van der Waals surface area contributed by atoms with E-state index in [2.05, 4.69) is 24.1 Å². The summed E-state index contributed by atoms with van der Waals surface area (Å²) in [6, 6.07) is 9.64. The zero-order chi connectivity index (χ0) is 15.3. The molecule has 0 fully saturated rings. The Bertz CT molecular complexity index is 618. The fourth-order valence-corrected chi connectivity index (χ4v) is 2.35. The number of carbonyl (C=O) groups is 1. The number of hydrogen-bond acceptors (Lipinski definition) is 3. The Morgan fingerprint density at radius 2 is 2.05 bits per heavy atom. The standard InChI is InChI=1S/C17H22N2O2/c1-17(2,9-5-11-20)12-19-16(21)15-14-7-4-3-6-13(14)8-10-18-15/h3-4,6-8,10,20H,5,9,11-12H2,1-2H3,(H,19,21). The number of aromatic nitrogens is 1. The van der Waals surface area contributed by atoms with Crippen LogP contribution in [0.4, 0.5) is 0 Å². The topological polar surface area (TPSA) is 62.2 Å². The van der Waals surface area contributed by atoms with Crippen molar-refractivity contribution in [1.82, 2.24) is 10.3 Å². The molecule has 0 aliphatic rings. The van der Waals surface area contributed by atoms with Gasteiger partial charge in [0.05, 0.1) is 0 Å². The lowest BCUT2D eigenvalue weighted by Gasteiger charge is -2.24. The van der Waals surface area contributed by atoms with Crippen LogP contribution in [0.2, 0.25) is 0 Å². The van der Waals surface area contributed by atoms with Crippen LogP contribution in [-0.4, -0.2) is 29.1 Å². The molecular weight excluding hydrogens is 264 g/mol. The highest BCUT2D eigenvalue weighted by Crippen LogP contribution is 2.21. The summed E-state index contributed by atoms with van der Waals surface area (Å²) in [4.78, 5) is 16.6. The predicted octanol–water partition coefficient (Wildman–Crippen LogP) is 2.76. The van der Waals surface area contributed by atoms with Crippen LogP contribution in [-0.2, 0) is 0 Å². The summed E-state index contributed by atoms with van der Waals surface area (Å²) in [5.74, 6) is -0.149. The largest absolute Gasteiger partial charge is 0.396 e. The van der Waals surface area contributed by atoms with Gasteiger partial charge < -0.3 is 10.4 Å². The van der Waals surface area contributed by atoms with E-state index in [1.54, 1.807) is 6.20 Å². The number of carbonyl (C=O) groups excluding carboxylic acids is 1. The van der Waals surface area contributed by atoms with E-state index in [9.17, 15) is 4.79 Å². The van der Waals surface area contributed by atoms with E-state index in [-0.39, 0.29) is 17.9 Å². The minimum Gasteiger partial charge on any atom is -0.396 e. The lowest BCUT2D eigenvalue weighted by molar-refractivity contribution is 0.0930. The van der Waals surface area contributed by atoms with Crippen molar-refractivity contribution in [1.29, 1.82) is 0 Å². The Labute approximate surface area is 125 Å². The van der Waals surface area contributed by atoms with Crippen LogP contribution in [0.25, 0.3) is 10.8 Å². The Kier molecular flexibility index (Phi) is 4.91. The third kappa shape index (κ3) is 4.02. The molecule has 2 N–H and O–H groups in total. The van der Waals surface area contributed by atoms with Gasteiger partial charge in [-0.3, -0.25) is 9.78 Å². The van der Waals surface area contributed by atoms with Gasteiger partial charge in [-0.15, -0.1) is 0 Å². The van der Waals surface area contributed by atoms with Gasteiger partial charge >= 0.3 is 0 Å². The zero-order valence-corrected chi connectivity index (χ0v) is 12.6. The summed E-state index contributed by atoms with van der Waals surface area (Å²) < 4.78 is 0. The summed E-state index contributed by atoms with van der Waals surface area (Å²) in [7, 11) is 0. The second kappa shape index (κ2) is 6.68. The van der Waals surface area contributed by atoms with E-state index in [4.69, 9.17) is 5.11 Å². The summed E-state index contributed by atoms with van der Waals surface area (Å²) in [6.07, 6.45) is 3.27. The molecule has 2 aromatic rings. The highest BCUT2D eigenvalue weighted by molar-refractivity contribution is 6.05. The zero-order valence-electron chi connectivity index (χ0n) is 12.6. The van der Waals surface area contributed by atoms with Crippen LogP contribution < -0.4 is 5.32 Å². The first-order valence-corrected chi connectivity index (χ1v) is 7.26. The monoisotopic (exact) mass is 286 g/mol. The molecule has 1 amide bonds. The number of amides is 1. The van der Waals surface area contributed by atoms with Crippen LogP contribution in [0.5, 0.6) is 0 Å². The quantitative estimate of drug-likeness (QED) is 0.858. The summed E-state index contributed by atoms with van der Waals surface area (Å²) >= 11 is 0. The Balaban J connectivity index is 2.09. The molecule has 0 bridgehead atoms. The molecule has 2 rings (SSSR count). The number of nitrogens with one attached hydrogen (secondary N) is 1. The number of nitrogens with zero attached hydrogens (tertiary/aromatic N) is 1. The molecule has 4 nitrogen and oxygen atoms in total. The van der Waals surface area contributed by atoms with Gasteiger partial charge in [0, 0.05) is 24.7 Å². The van der Waals surface area contributed by atoms with Gasteiger partial charge in [-0.25, -0.2) is 0 Å². The van der Waals surface area contributed by atoms with E-state index < -0.39 is 0 Å². The number of pyridine rings is 1. The van der Waals surface area contributed by atoms with E-state index in [1.807, 2.05) is 30.3 Å². The highest BCUT2D eigenvalue weighted by Gasteiger charge is 2.19. The number of rotatable bonds is 6. The predicted molar refractivity (Wildman–Crippen MR) is 84.2 cm³/mol. The molecule has 1 aromatic carbocycles. The normalized spacial score (nSPS) is 11.6. The molecular formula is C17H22N2O2. The van der Waals surface area contributed by atoms with E-state index in [1.165, 1.54) is 0 Å². The van der Waals surface area contributed by atoms with Crippen molar-refractivity contribution in [3.05, 3.63) is 42.2 Å². The maximum absolute atomic E-state index is 12.4. The van der Waals surface area contributed by atoms with E-state index in [0.29, 0.717) is 12.2 Å². The summed E-state index contributed by atoms with van der Waals surface area (Å²) in [5, 5.41) is 13.7. The average Bonchev–Trinajstić information content (AvgIpc) is 2.50. The van der Waals surface area contributed by atoms with Gasteiger partial charge in [0.25, 0.3) is 5.91 Å². The number of fused-ring (bicyclic) bond motifs is 1. The molecule has 0 saturated carbocycles. The van der Waals surface area contributed by atoms with Crippen LogP contribution in [0, 0.1) is 5.41 Å². The van der Waals surface area contributed by atoms with Crippen LogP contribution in [0.1, 0.15) is 37.2 Å². The molecule has 0 radical (unpaired) electrons. The molecule has 1 heterocycles. The molecule has 21 heavy (non-hydrogen) atoms. The van der Waals surface area contributed by atoms with Crippen LogP contribution >= 0.6 is 0 Å². The minimum atomic E-state index is -0.149. The van der Waals surface area contributed by atoms with Crippen molar-refractivity contribution < 1.29 is 9.90 Å². The fraction of sp³-hybridized carbons (Fsp3) is 0.412. The SMILES string of the molecule is CC(C)(CCCO)CNC(=O)c1nccc2ccccc12. The van der Waals surface area contributed by atoms with Crippen molar-refractivity contribution in [3.8, 4) is 0 Å². The highest BCUT2D eigenvalue weighted by atomic mass is 16.2.